The Morgan fingerprint density at radius 1 is 0.310 bits per heavy atom. The van der Waals surface area contributed by atoms with Gasteiger partial charge in [-0.3, -0.25) is 37.3 Å². The van der Waals surface area contributed by atoms with Gasteiger partial charge in [-0.25, -0.2) is 9.13 Å². The van der Waals surface area contributed by atoms with Crippen molar-refractivity contribution in [3.8, 4) is 0 Å². The summed E-state index contributed by atoms with van der Waals surface area (Å²) in [6.45, 7) is 9.44. The largest absolute Gasteiger partial charge is 0.472 e. The molecule has 17 nitrogen and oxygen atoms in total. The van der Waals surface area contributed by atoms with E-state index < -0.39 is 97.5 Å². The van der Waals surface area contributed by atoms with Crippen molar-refractivity contribution in [2.75, 3.05) is 39.6 Å². The number of phosphoric acid groups is 2. The van der Waals surface area contributed by atoms with Crippen molar-refractivity contribution in [2.24, 2.45) is 11.8 Å². The Labute approximate surface area is 530 Å². The number of hydrogen-bond acceptors (Lipinski definition) is 15. The van der Waals surface area contributed by atoms with Crippen LogP contribution in [0.25, 0.3) is 0 Å². The van der Waals surface area contributed by atoms with Gasteiger partial charge < -0.3 is 33.8 Å². The van der Waals surface area contributed by atoms with Crippen molar-refractivity contribution in [2.45, 2.75) is 362 Å². The quantitative estimate of drug-likeness (QED) is 0.0222. The Morgan fingerprint density at radius 2 is 0.529 bits per heavy atom. The van der Waals surface area contributed by atoms with Gasteiger partial charge >= 0.3 is 39.5 Å². The molecule has 0 aliphatic carbocycles. The lowest BCUT2D eigenvalue weighted by atomic mass is 10.0. The number of aliphatic hydroxyl groups is 1. The molecule has 0 aromatic heterocycles. The lowest BCUT2D eigenvalue weighted by Gasteiger charge is -2.21. The van der Waals surface area contributed by atoms with Crippen LogP contribution < -0.4 is 0 Å². The molecule has 2 unspecified atom stereocenters. The fraction of sp³-hybridized carbons (Fsp3) is 0.941. The number of carbonyl (C=O) groups is 4. The second-order valence-electron chi connectivity index (χ2n) is 25.5. The van der Waals surface area contributed by atoms with Gasteiger partial charge in [-0.15, -0.1) is 0 Å². The third-order valence-corrected chi connectivity index (χ3v) is 17.6. The molecule has 0 saturated heterocycles. The molecule has 0 amide bonds. The molecule has 0 spiro atoms. The van der Waals surface area contributed by atoms with Crippen LogP contribution in [0.3, 0.4) is 0 Å². The van der Waals surface area contributed by atoms with E-state index in [2.05, 4.69) is 41.5 Å². The molecule has 0 aliphatic heterocycles. The summed E-state index contributed by atoms with van der Waals surface area (Å²) < 4.78 is 68.1. The third kappa shape index (κ3) is 62.6. The summed E-state index contributed by atoms with van der Waals surface area (Å²) in [6.07, 6.45) is 44.6. The monoisotopic (exact) mass is 1280 g/mol. The molecular weight excluding hydrogens is 1150 g/mol. The number of ether oxygens (including phenoxy) is 4. The lowest BCUT2D eigenvalue weighted by molar-refractivity contribution is -0.161. The van der Waals surface area contributed by atoms with Crippen LogP contribution in [0.5, 0.6) is 0 Å². The van der Waals surface area contributed by atoms with E-state index in [4.69, 9.17) is 37.0 Å². The highest BCUT2D eigenvalue weighted by atomic mass is 31.2. The zero-order valence-electron chi connectivity index (χ0n) is 56.3. The number of aliphatic hydroxyl groups excluding tert-OH is 1. The van der Waals surface area contributed by atoms with Crippen molar-refractivity contribution in [3.63, 3.8) is 0 Å². The molecule has 0 heterocycles. The number of rotatable bonds is 67. The summed E-state index contributed by atoms with van der Waals surface area (Å²) in [7, 11) is -9.89. The predicted molar refractivity (Wildman–Crippen MR) is 349 cm³/mol. The zero-order valence-corrected chi connectivity index (χ0v) is 58.1. The van der Waals surface area contributed by atoms with Crippen LogP contribution in [0, 0.1) is 11.8 Å². The van der Waals surface area contributed by atoms with E-state index in [1.807, 2.05) is 0 Å². The summed E-state index contributed by atoms with van der Waals surface area (Å²) in [5.41, 5.74) is 0. The van der Waals surface area contributed by atoms with Crippen molar-refractivity contribution < 1.29 is 80.2 Å². The molecule has 19 heteroatoms. The molecule has 87 heavy (non-hydrogen) atoms. The number of esters is 4. The van der Waals surface area contributed by atoms with Crippen LogP contribution >= 0.6 is 15.6 Å². The summed E-state index contributed by atoms with van der Waals surface area (Å²) in [5.74, 6) is -0.685. The predicted octanol–water partition coefficient (Wildman–Crippen LogP) is 19.2. The first-order valence-corrected chi connectivity index (χ1v) is 38.5. The van der Waals surface area contributed by atoms with E-state index >= 15 is 0 Å². The second kappa shape index (κ2) is 60.3. The minimum atomic E-state index is -4.95. The van der Waals surface area contributed by atoms with E-state index in [0.717, 1.165) is 95.8 Å². The number of carbonyl (C=O) groups excluding carboxylic acids is 4. The summed E-state index contributed by atoms with van der Waals surface area (Å²) >= 11 is 0. The van der Waals surface area contributed by atoms with Crippen LogP contribution in [0.2, 0.25) is 0 Å². The lowest BCUT2D eigenvalue weighted by Crippen LogP contribution is -2.30. The molecule has 516 valence electrons. The van der Waals surface area contributed by atoms with Crippen LogP contribution in [0.1, 0.15) is 343 Å². The average molecular weight is 1280 g/mol. The maximum Gasteiger partial charge on any atom is 0.472 e. The number of phosphoric ester groups is 2. The van der Waals surface area contributed by atoms with Gasteiger partial charge in [0.15, 0.2) is 12.2 Å². The van der Waals surface area contributed by atoms with Gasteiger partial charge in [0.1, 0.15) is 19.3 Å². The van der Waals surface area contributed by atoms with E-state index in [1.54, 1.807) is 0 Å². The average Bonchev–Trinajstić information content (AvgIpc) is 3.53. The maximum absolute atomic E-state index is 13.0. The van der Waals surface area contributed by atoms with Crippen LogP contribution in [0.15, 0.2) is 0 Å². The Kier molecular flexibility index (Phi) is 59.0. The first-order chi connectivity index (χ1) is 41.9. The van der Waals surface area contributed by atoms with Crippen LogP contribution in [-0.2, 0) is 65.4 Å². The van der Waals surface area contributed by atoms with Crippen molar-refractivity contribution >= 4 is 39.5 Å². The fourth-order valence-electron chi connectivity index (χ4n) is 10.2. The number of hydrogen-bond donors (Lipinski definition) is 3. The van der Waals surface area contributed by atoms with Gasteiger partial charge in [-0.2, -0.15) is 0 Å². The molecular formula is C68H132O17P2. The summed E-state index contributed by atoms with van der Waals surface area (Å²) in [4.78, 5) is 72.3. The van der Waals surface area contributed by atoms with Gasteiger partial charge in [0.05, 0.1) is 26.4 Å². The van der Waals surface area contributed by atoms with Crippen molar-refractivity contribution in [1.82, 2.24) is 0 Å². The van der Waals surface area contributed by atoms with Gasteiger partial charge in [0, 0.05) is 25.7 Å². The summed E-state index contributed by atoms with van der Waals surface area (Å²) in [5, 5.41) is 10.6. The van der Waals surface area contributed by atoms with Gasteiger partial charge in [0.2, 0.25) is 0 Å². The van der Waals surface area contributed by atoms with E-state index in [1.165, 1.54) is 161 Å². The Hall–Kier alpha value is -1.94. The fourth-order valence-corrected chi connectivity index (χ4v) is 11.8. The zero-order chi connectivity index (χ0) is 64.3. The second-order valence-corrected chi connectivity index (χ2v) is 28.4. The van der Waals surface area contributed by atoms with E-state index in [9.17, 15) is 43.2 Å². The molecule has 0 bridgehead atoms. The minimum absolute atomic E-state index is 0.102. The Balaban J connectivity index is 5.22. The van der Waals surface area contributed by atoms with Gasteiger partial charge in [-0.05, 0) is 37.5 Å². The molecule has 0 aromatic rings. The molecule has 3 N–H and O–H groups in total. The highest BCUT2D eigenvalue weighted by Crippen LogP contribution is 2.45. The van der Waals surface area contributed by atoms with Gasteiger partial charge in [0.25, 0.3) is 0 Å². The standard InChI is InChI=1S/C68H132O17P2/c1-7-9-11-13-15-17-18-19-20-24-28-32-39-45-51-66(71)79-56-63(84-67(72)52-46-40-33-29-25-22-21-23-27-30-36-42-48-60(3)4)58-82-86(74,75)80-54-62(69)55-81-87(76,77)83-59-64(85-68(73)53-47-41-35-34-37-43-49-61(5)6)57-78-65(70)50-44-38-31-26-16-14-12-10-8-2/h60-64,69H,7-59H2,1-6H3,(H,74,75)(H,76,77)/t62-,63-,64-/m1/s1. The highest BCUT2D eigenvalue weighted by molar-refractivity contribution is 7.47. The normalized spacial score (nSPS) is 14.2. The van der Waals surface area contributed by atoms with Gasteiger partial charge in [-0.1, -0.05) is 292 Å². The first-order valence-electron chi connectivity index (χ1n) is 35.5. The molecule has 0 radical (unpaired) electrons. The Morgan fingerprint density at radius 3 is 0.782 bits per heavy atom. The molecule has 0 aliphatic rings. The molecule has 0 rings (SSSR count). The van der Waals surface area contributed by atoms with Crippen LogP contribution in [-0.4, -0.2) is 96.7 Å². The first kappa shape index (κ1) is 85.1. The topological polar surface area (TPSA) is 237 Å². The number of unbranched alkanes of at least 4 members (excludes halogenated alkanes) is 37. The molecule has 0 fully saturated rings. The SMILES string of the molecule is CCCCCCCCCCCCCCCCC(=O)OC[C@H](COP(=O)(O)OC[C@@H](O)COP(=O)(O)OC[C@@H](COC(=O)CCCCCCCCCCC)OC(=O)CCCCCCCCC(C)C)OC(=O)CCCCCCCCCCCCCCC(C)C. The smallest absolute Gasteiger partial charge is 0.462 e. The maximum atomic E-state index is 13.0. The minimum Gasteiger partial charge on any atom is -0.462 e. The van der Waals surface area contributed by atoms with E-state index in [-0.39, 0.29) is 25.7 Å². The van der Waals surface area contributed by atoms with E-state index in [0.29, 0.717) is 31.6 Å². The molecule has 0 saturated carbocycles. The van der Waals surface area contributed by atoms with Crippen molar-refractivity contribution in [3.05, 3.63) is 0 Å². The molecule has 0 aromatic carbocycles. The highest BCUT2D eigenvalue weighted by Gasteiger charge is 2.30. The van der Waals surface area contributed by atoms with Crippen LogP contribution in [0.4, 0.5) is 0 Å². The van der Waals surface area contributed by atoms with Crippen molar-refractivity contribution in [1.29, 1.82) is 0 Å². The molecule has 5 atom stereocenters. The Bertz CT molecular complexity index is 1700. The third-order valence-electron chi connectivity index (χ3n) is 15.7. The summed E-state index contributed by atoms with van der Waals surface area (Å²) in [6, 6.07) is 0.